The number of carboxylic acid groups (broad SMARTS) is 1. The van der Waals surface area contributed by atoms with E-state index in [0.29, 0.717) is 24.5 Å². The molecule has 0 amide bonds. The number of methoxy groups -OCH3 is 1. The van der Waals surface area contributed by atoms with Gasteiger partial charge in [0.05, 0.1) is 7.11 Å². The van der Waals surface area contributed by atoms with Gasteiger partial charge < -0.3 is 14.6 Å². The summed E-state index contributed by atoms with van der Waals surface area (Å²) < 4.78 is 11.0. The predicted octanol–water partition coefficient (Wildman–Crippen LogP) is 3.29. The zero-order valence-corrected chi connectivity index (χ0v) is 11.9. The summed E-state index contributed by atoms with van der Waals surface area (Å²) in [6, 6.07) is 15.3. The third-order valence-electron chi connectivity index (χ3n) is 3.12. The van der Waals surface area contributed by atoms with Crippen LogP contribution >= 0.6 is 0 Å². The van der Waals surface area contributed by atoms with Crippen LogP contribution in [0.3, 0.4) is 0 Å². The first-order valence-electron chi connectivity index (χ1n) is 6.74. The molecule has 2 aromatic rings. The molecule has 0 aromatic heterocycles. The first kappa shape index (κ1) is 14.9. The Morgan fingerprint density at radius 3 is 2.57 bits per heavy atom. The molecule has 0 fully saturated rings. The molecule has 0 radical (unpaired) electrons. The van der Waals surface area contributed by atoms with E-state index in [-0.39, 0.29) is 6.42 Å². The Labute approximate surface area is 123 Å². The molecule has 2 aromatic carbocycles. The van der Waals surface area contributed by atoms with E-state index in [1.807, 2.05) is 42.5 Å². The number of hydrogen-bond acceptors (Lipinski definition) is 3. The molecular weight excluding hydrogens is 268 g/mol. The highest BCUT2D eigenvalue weighted by Gasteiger charge is 2.08. The number of rotatable bonds is 7. The van der Waals surface area contributed by atoms with E-state index in [9.17, 15) is 4.79 Å². The average Bonchev–Trinajstić information content (AvgIpc) is 2.52. The van der Waals surface area contributed by atoms with Crippen molar-refractivity contribution in [2.45, 2.75) is 19.4 Å². The van der Waals surface area contributed by atoms with Crippen molar-refractivity contribution in [1.82, 2.24) is 0 Å². The quantitative estimate of drug-likeness (QED) is 0.848. The molecule has 0 aliphatic carbocycles. The lowest BCUT2D eigenvalue weighted by Crippen LogP contribution is -2.02. The Hall–Kier alpha value is -2.49. The summed E-state index contributed by atoms with van der Waals surface area (Å²) in [6.45, 7) is 0.439. The van der Waals surface area contributed by atoms with E-state index in [0.717, 1.165) is 11.1 Å². The molecule has 0 saturated carbocycles. The Bertz CT molecular complexity index is 593. The van der Waals surface area contributed by atoms with Gasteiger partial charge >= 0.3 is 5.97 Å². The highest BCUT2D eigenvalue weighted by atomic mass is 16.5. The van der Waals surface area contributed by atoms with E-state index in [2.05, 4.69) is 0 Å². The van der Waals surface area contributed by atoms with Crippen molar-refractivity contribution in [2.24, 2.45) is 0 Å². The van der Waals surface area contributed by atoms with Gasteiger partial charge in [-0.2, -0.15) is 0 Å². The van der Waals surface area contributed by atoms with E-state index < -0.39 is 5.97 Å². The van der Waals surface area contributed by atoms with Crippen molar-refractivity contribution in [1.29, 1.82) is 0 Å². The molecule has 1 N–H and O–H groups in total. The van der Waals surface area contributed by atoms with Gasteiger partial charge in [0.1, 0.15) is 18.1 Å². The lowest BCUT2D eigenvalue weighted by Gasteiger charge is -2.12. The van der Waals surface area contributed by atoms with Crippen molar-refractivity contribution < 1.29 is 19.4 Å². The van der Waals surface area contributed by atoms with Gasteiger partial charge in [0.2, 0.25) is 0 Å². The zero-order valence-electron chi connectivity index (χ0n) is 11.9. The van der Waals surface area contributed by atoms with Crippen molar-refractivity contribution in [3.05, 3.63) is 59.7 Å². The molecule has 0 heterocycles. The summed E-state index contributed by atoms with van der Waals surface area (Å²) in [5.74, 6) is 0.538. The van der Waals surface area contributed by atoms with Crippen LogP contribution in [0.4, 0.5) is 0 Å². The lowest BCUT2D eigenvalue weighted by atomic mass is 10.1. The summed E-state index contributed by atoms with van der Waals surface area (Å²) >= 11 is 0. The maximum absolute atomic E-state index is 10.7. The second-order valence-corrected chi connectivity index (χ2v) is 4.64. The molecule has 0 unspecified atom stereocenters. The lowest BCUT2D eigenvalue weighted by molar-refractivity contribution is -0.136. The second-order valence-electron chi connectivity index (χ2n) is 4.64. The van der Waals surface area contributed by atoms with Crippen molar-refractivity contribution >= 4 is 5.97 Å². The van der Waals surface area contributed by atoms with Crippen LogP contribution in [-0.4, -0.2) is 18.2 Å². The molecule has 0 aliphatic rings. The molecule has 0 saturated heterocycles. The number of aliphatic carboxylic acids is 1. The number of carboxylic acids is 1. The molecule has 4 heteroatoms. The monoisotopic (exact) mass is 286 g/mol. The second kappa shape index (κ2) is 7.33. The fourth-order valence-corrected chi connectivity index (χ4v) is 1.98. The largest absolute Gasteiger partial charge is 0.497 e. The van der Waals surface area contributed by atoms with E-state index in [1.165, 1.54) is 0 Å². The fourth-order valence-electron chi connectivity index (χ4n) is 1.98. The Kier molecular flexibility index (Phi) is 5.21. The van der Waals surface area contributed by atoms with Crippen LogP contribution in [0.5, 0.6) is 11.5 Å². The zero-order chi connectivity index (χ0) is 15.1. The van der Waals surface area contributed by atoms with Gasteiger partial charge in [-0.25, -0.2) is 0 Å². The number of benzene rings is 2. The molecule has 0 atom stereocenters. The molecular formula is C17H18O4. The standard InChI is InChI=1S/C17H18O4/c1-20-15-9-7-14(8-10-17(18)19)16(11-15)21-12-13-5-3-2-4-6-13/h2-7,9,11H,8,10,12H2,1H3,(H,18,19). The number of aryl methyl sites for hydroxylation is 1. The first-order chi connectivity index (χ1) is 10.2. The van der Waals surface area contributed by atoms with Crippen LogP contribution in [-0.2, 0) is 17.8 Å². The molecule has 0 bridgehead atoms. The van der Waals surface area contributed by atoms with Crippen LogP contribution in [0, 0.1) is 0 Å². The first-order valence-corrected chi connectivity index (χ1v) is 6.74. The summed E-state index contributed by atoms with van der Waals surface area (Å²) in [4.78, 5) is 10.7. The van der Waals surface area contributed by atoms with Crippen LogP contribution in [0.25, 0.3) is 0 Å². The third-order valence-corrected chi connectivity index (χ3v) is 3.12. The van der Waals surface area contributed by atoms with Crippen molar-refractivity contribution in [3.8, 4) is 11.5 Å². The minimum atomic E-state index is -0.820. The normalized spacial score (nSPS) is 10.1. The van der Waals surface area contributed by atoms with Gasteiger partial charge in [-0.15, -0.1) is 0 Å². The van der Waals surface area contributed by atoms with Crippen LogP contribution in [0.15, 0.2) is 48.5 Å². The molecule has 0 aliphatic heterocycles. The highest BCUT2D eigenvalue weighted by molar-refractivity contribution is 5.67. The van der Waals surface area contributed by atoms with Gasteiger partial charge in [0.15, 0.2) is 0 Å². The van der Waals surface area contributed by atoms with Gasteiger partial charge in [-0.1, -0.05) is 36.4 Å². The topological polar surface area (TPSA) is 55.8 Å². The summed E-state index contributed by atoms with van der Waals surface area (Å²) in [7, 11) is 1.59. The summed E-state index contributed by atoms with van der Waals surface area (Å²) in [6.07, 6.45) is 0.511. The van der Waals surface area contributed by atoms with Gasteiger partial charge in [-0.3, -0.25) is 4.79 Å². The third kappa shape index (κ3) is 4.53. The minimum Gasteiger partial charge on any atom is -0.497 e. The predicted molar refractivity (Wildman–Crippen MR) is 79.7 cm³/mol. The van der Waals surface area contributed by atoms with Gasteiger partial charge in [0.25, 0.3) is 0 Å². The Morgan fingerprint density at radius 2 is 1.90 bits per heavy atom. The maximum Gasteiger partial charge on any atom is 0.303 e. The highest BCUT2D eigenvalue weighted by Crippen LogP contribution is 2.26. The number of carbonyl (C=O) groups is 1. The van der Waals surface area contributed by atoms with E-state index >= 15 is 0 Å². The van der Waals surface area contributed by atoms with Gasteiger partial charge in [-0.05, 0) is 23.6 Å². The van der Waals surface area contributed by atoms with Crippen molar-refractivity contribution in [3.63, 3.8) is 0 Å². The Morgan fingerprint density at radius 1 is 1.14 bits per heavy atom. The minimum absolute atomic E-state index is 0.0774. The smallest absolute Gasteiger partial charge is 0.303 e. The molecule has 0 spiro atoms. The van der Waals surface area contributed by atoms with Crippen LogP contribution in [0.2, 0.25) is 0 Å². The van der Waals surface area contributed by atoms with E-state index in [4.69, 9.17) is 14.6 Å². The fraction of sp³-hybridized carbons (Fsp3) is 0.235. The van der Waals surface area contributed by atoms with Crippen LogP contribution < -0.4 is 9.47 Å². The SMILES string of the molecule is COc1ccc(CCC(=O)O)c(OCc2ccccc2)c1. The maximum atomic E-state index is 10.7. The molecule has 21 heavy (non-hydrogen) atoms. The average molecular weight is 286 g/mol. The summed E-state index contributed by atoms with van der Waals surface area (Å²) in [5.41, 5.74) is 1.93. The Balaban J connectivity index is 2.12. The molecule has 4 nitrogen and oxygen atoms in total. The van der Waals surface area contributed by atoms with Crippen molar-refractivity contribution in [2.75, 3.05) is 7.11 Å². The number of ether oxygens (including phenoxy) is 2. The van der Waals surface area contributed by atoms with E-state index in [1.54, 1.807) is 13.2 Å². The number of hydrogen-bond donors (Lipinski definition) is 1. The molecule has 110 valence electrons. The van der Waals surface area contributed by atoms with Crippen LogP contribution in [0.1, 0.15) is 17.5 Å². The van der Waals surface area contributed by atoms with Gasteiger partial charge in [0, 0.05) is 12.5 Å². The summed E-state index contributed by atoms with van der Waals surface area (Å²) in [5, 5.41) is 8.81. The molecule has 2 rings (SSSR count).